The van der Waals surface area contributed by atoms with Crippen molar-refractivity contribution in [1.29, 1.82) is 5.26 Å². The molecule has 208 valence electrons. The predicted molar refractivity (Wildman–Crippen MR) is 145 cm³/mol. The van der Waals surface area contributed by atoms with Crippen molar-refractivity contribution in [3.05, 3.63) is 69.2 Å². The van der Waals surface area contributed by atoms with Crippen molar-refractivity contribution in [1.82, 2.24) is 10.2 Å². The number of nitriles is 1. The first-order valence-corrected chi connectivity index (χ1v) is 13.5. The van der Waals surface area contributed by atoms with E-state index in [9.17, 15) is 20.0 Å². The molecule has 1 amide bonds. The molecular weight excluding hydrogens is 547 g/mol. The third-order valence-electron chi connectivity index (χ3n) is 7.87. The van der Waals surface area contributed by atoms with Gasteiger partial charge in [-0.05, 0) is 61.4 Å². The van der Waals surface area contributed by atoms with Crippen molar-refractivity contribution in [2.75, 3.05) is 7.05 Å². The van der Waals surface area contributed by atoms with E-state index in [0.717, 1.165) is 6.07 Å². The second kappa shape index (κ2) is 10.7. The maximum Gasteiger partial charge on any atom is 0.326 e. The highest BCUT2D eigenvalue weighted by molar-refractivity contribution is 6.31. The van der Waals surface area contributed by atoms with Crippen molar-refractivity contribution in [3.8, 4) is 6.07 Å². The summed E-state index contributed by atoms with van der Waals surface area (Å²) in [6.45, 7) is 5.87. The summed E-state index contributed by atoms with van der Waals surface area (Å²) in [4.78, 5) is 27.6. The van der Waals surface area contributed by atoms with Gasteiger partial charge in [-0.15, -0.1) is 0 Å². The lowest BCUT2D eigenvalue weighted by Crippen LogP contribution is -2.52. The number of carboxylic acid groups (broad SMARTS) is 1. The number of benzene rings is 2. The van der Waals surface area contributed by atoms with E-state index in [1.165, 1.54) is 30.3 Å². The molecule has 0 radical (unpaired) electrons. The number of carboxylic acids is 1. The summed E-state index contributed by atoms with van der Waals surface area (Å²) in [7, 11) is 1.63. The van der Waals surface area contributed by atoms with Gasteiger partial charge in [0.25, 0.3) is 0 Å². The van der Waals surface area contributed by atoms with E-state index < -0.39 is 53.0 Å². The Morgan fingerprint density at radius 3 is 2.44 bits per heavy atom. The average Bonchev–Trinajstić information content (AvgIpc) is 3.65. The number of rotatable bonds is 7. The number of nitrogens with one attached hydrogen (secondary N) is 1. The Morgan fingerprint density at radius 1 is 1.23 bits per heavy atom. The van der Waals surface area contributed by atoms with Gasteiger partial charge in [-0.25, -0.2) is 13.6 Å². The molecule has 1 aliphatic carbocycles. The minimum atomic E-state index is -1.76. The molecule has 5 atom stereocenters. The molecule has 2 N–H and O–H groups in total. The first kappa shape index (κ1) is 29.3. The van der Waals surface area contributed by atoms with Crippen LogP contribution >= 0.6 is 23.2 Å². The third kappa shape index (κ3) is 5.37. The average molecular weight is 578 g/mol. The fourth-order valence-electron chi connectivity index (χ4n) is 6.03. The number of aliphatic carboxylic acids is 1. The van der Waals surface area contributed by atoms with Gasteiger partial charge in [-0.1, -0.05) is 62.2 Å². The Balaban J connectivity index is 2.00. The van der Waals surface area contributed by atoms with E-state index in [0.29, 0.717) is 19.3 Å². The Kier molecular flexibility index (Phi) is 8.01. The maximum absolute atomic E-state index is 15.8. The number of nitrogens with zero attached hydrogens (tertiary/aromatic N) is 2. The predicted octanol–water partition coefficient (Wildman–Crippen LogP) is 5.91. The molecular formula is C29H31Cl2F2N3O3. The van der Waals surface area contributed by atoms with E-state index in [1.807, 2.05) is 20.8 Å². The number of likely N-dealkylation sites (tertiary alicyclic amines) is 1. The van der Waals surface area contributed by atoms with Gasteiger partial charge in [-0.2, -0.15) is 5.26 Å². The molecule has 0 aromatic heterocycles. The fourth-order valence-corrected chi connectivity index (χ4v) is 6.37. The maximum atomic E-state index is 15.8. The molecule has 39 heavy (non-hydrogen) atoms. The molecule has 0 bridgehead atoms. The summed E-state index contributed by atoms with van der Waals surface area (Å²) >= 11 is 12.2. The van der Waals surface area contributed by atoms with Crippen molar-refractivity contribution in [2.24, 2.45) is 11.3 Å². The summed E-state index contributed by atoms with van der Waals surface area (Å²) in [6, 6.07) is 7.49. The highest BCUT2D eigenvalue weighted by atomic mass is 35.5. The summed E-state index contributed by atoms with van der Waals surface area (Å²) in [5, 5.41) is 23.3. The van der Waals surface area contributed by atoms with Gasteiger partial charge >= 0.3 is 5.97 Å². The van der Waals surface area contributed by atoms with E-state index in [4.69, 9.17) is 23.2 Å². The molecule has 10 heteroatoms. The number of hydrogen-bond acceptors (Lipinski definition) is 4. The second-order valence-corrected chi connectivity index (χ2v) is 12.6. The van der Waals surface area contributed by atoms with Crippen LogP contribution in [-0.2, 0) is 15.0 Å². The zero-order valence-electron chi connectivity index (χ0n) is 22.1. The first-order chi connectivity index (χ1) is 18.2. The minimum Gasteiger partial charge on any atom is -0.480 e. The quantitative estimate of drug-likeness (QED) is 0.426. The largest absolute Gasteiger partial charge is 0.480 e. The lowest BCUT2D eigenvalue weighted by molar-refractivity contribution is -0.143. The SMILES string of the molecule is CN1[C@@H](CC(C)(C)C)[C@](C#N)(c2ccc(Cl)cc2F)[C@@H](c2cccc(Cl)c2F)[C@@H]1C(=O)NC(C(=O)O)C1CC1. The van der Waals surface area contributed by atoms with Gasteiger partial charge < -0.3 is 10.4 Å². The molecule has 6 nitrogen and oxygen atoms in total. The highest BCUT2D eigenvalue weighted by Crippen LogP contribution is 2.56. The van der Waals surface area contributed by atoms with E-state index >= 15 is 8.78 Å². The molecule has 1 aliphatic heterocycles. The first-order valence-electron chi connectivity index (χ1n) is 12.8. The van der Waals surface area contributed by atoms with Crippen molar-refractivity contribution >= 4 is 35.1 Å². The van der Waals surface area contributed by atoms with Gasteiger partial charge in [0.15, 0.2) is 0 Å². The molecule has 2 fully saturated rings. The van der Waals surface area contributed by atoms with Crippen LogP contribution in [-0.4, -0.2) is 47.1 Å². The van der Waals surface area contributed by atoms with Gasteiger partial charge in [0.2, 0.25) is 5.91 Å². The molecule has 1 saturated carbocycles. The van der Waals surface area contributed by atoms with Crippen LogP contribution in [0.1, 0.15) is 57.1 Å². The number of carbonyl (C=O) groups is 2. The normalized spacial score (nSPS) is 26.2. The smallest absolute Gasteiger partial charge is 0.326 e. The second-order valence-electron chi connectivity index (χ2n) is 11.8. The lowest BCUT2D eigenvalue weighted by Gasteiger charge is -2.38. The van der Waals surface area contributed by atoms with Crippen LogP contribution in [0.3, 0.4) is 0 Å². The lowest BCUT2D eigenvalue weighted by atomic mass is 9.62. The highest BCUT2D eigenvalue weighted by Gasteiger charge is 2.64. The van der Waals surface area contributed by atoms with Crippen LogP contribution in [0.15, 0.2) is 36.4 Å². The summed E-state index contributed by atoms with van der Waals surface area (Å²) in [5.41, 5.74) is -2.19. The molecule has 1 unspecified atom stereocenters. The number of amides is 1. The van der Waals surface area contributed by atoms with Crippen LogP contribution in [0.2, 0.25) is 10.0 Å². The Morgan fingerprint density at radius 2 is 1.90 bits per heavy atom. The van der Waals surface area contributed by atoms with Crippen molar-refractivity contribution in [3.63, 3.8) is 0 Å². The van der Waals surface area contributed by atoms with Gasteiger partial charge in [-0.3, -0.25) is 9.69 Å². The number of halogens is 4. The van der Waals surface area contributed by atoms with Crippen LogP contribution in [0.5, 0.6) is 0 Å². The van der Waals surface area contributed by atoms with Crippen LogP contribution in [0.25, 0.3) is 0 Å². The Labute approximate surface area is 236 Å². The fraction of sp³-hybridized carbons (Fsp3) is 0.483. The van der Waals surface area contributed by atoms with Gasteiger partial charge in [0.05, 0.1) is 17.1 Å². The van der Waals surface area contributed by atoms with E-state index in [2.05, 4.69) is 11.4 Å². The van der Waals surface area contributed by atoms with Crippen molar-refractivity contribution in [2.45, 2.75) is 69.5 Å². The number of likely N-dealkylation sites (N-methyl/N-ethyl adjacent to an activating group) is 1. The van der Waals surface area contributed by atoms with E-state index in [-0.39, 0.29) is 32.5 Å². The molecule has 2 aliphatic rings. The molecule has 2 aromatic carbocycles. The number of carbonyl (C=O) groups excluding carboxylic acids is 1. The summed E-state index contributed by atoms with van der Waals surface area (Å²) in [6.07, 6.45) is 1.66. The van der Waals surface area contributed by atoms with E-state index in [1.54, 1.807) is 11.9 Å². The topological polar surface area (TPSA) is 93.4 Å². The minimum absolute atomic E-state index is 0.0212. The molecule has 1 saturated heterocycles. The molecule has 4 rings (SSSR count). The van der Waals surface area contributed by atoms with Gasteiger partial charge in [0, 0.05) is 22.5 Å². The zero-order chi connectivity index (χ0) is 28.9. The Hall–Kier alpha value is -2.73. The third-order valence-corrected chi connectivity index (χ3v) is 8.40. The molecule has 0 spiro atoms. The van der Waals surface area contributed by atoms with Crippen LogP contribution < -0.4 is 5.32 Å². The monoisotopic (exact) mass is 577 g/mol. The zero-order valence-corrected chi connectivity index (χ0v) is 23.7. The summed E-state index contributed by atoms with van der Waals surface area (Å²) < 4.78 is 31.5. The molecule has 1 heterocycles. The van der Waals surface area contributed by atoms with Gasteiger partial charge in [0.1, 0.15) is 23.1 Å². The standard InChI is InChI=1S/C29H31Cl2F2N3O3/c1-28(2,3)13-21-29(14-34,18-11-10-16(30)12-20(18)32)22(17-6-5-7-19(31)23(17)33)25(36(21)4)26(37)35-24(27(38)39)15-8-9-15/h5-7,10-12,15,21-22,24-25H,8-9,13H2,1-4H3,(H,35,37)(H,38,39)/t21-,22-,24?,25+,29-/m0/s1. The van der Waals surface area contributed by atoms with Crippen LogP contribution in [0, 0.1) is 34.3 Å². The van der Waals surface area contributed by atoms with Crippen molar-refractivity contribution < 1.29 is 23.5 Å². The van der Waals surface area contributed by atoms with Crippen LogP contribution in [0.4, 0.5) is 8.78 Å². The molecule has 2 aromatic rings. The Bertz CT molecular complexity index is 1340. The number of hydrogen-bond donors (Lipinski definition) is 2. The summed E-state index contributed by atoms with van der Waals surface area (Å²) in [5.74, 6) is -4.86.